The zero-order valence-electron chi connectivity index (χ0n) is 8.60. The second kappa shape index (κ2) is 4.83. The molecule has 78 valence electrons. The van der Waals surface area contributed by atoms with Gasteiger partial charge in [0.05, 0.1) is 11.6 Å². The topological polar surface area (TPSA) is 23.8 Å². The van der Waals surface area contributed by atoms with Crippen LogP contribution in [0.1, 0.15) is 5.56 Å². The molecular weight excluding hydrogens is 218 g/mol. The largest absolute Gasteiger partial charge is 0.192 e. The number of hydrogen-bond acceptors (Lipinski definition) is 1. The molecule has 1 aliphatic rings. The van der Waals surface area contributed by atoms with Crippen LogP contribution in [0, 0.1) is 17.2 Å². The molecule has 0 unspecified atom stereocenters. The van der Waals surface area contributed by atoms with E-state index in [1.165, 1.54) is 0 Å². The fourth-order valence-electron chi connectivity index (χ4n) is 1.58. The van der Waals surface area contributed by atoms with E-state index in [0.29, 0.717) is 10.6 Å². The van der Waals surface area contributed by atoms with E-state index in [2.05, 4.69) is 6.07 Å². The lowest BCUT2D eigenvalue weighted by Gasteiger charge is -2.02. The van der Waals surface area contributed by atoms with Crippen molar-refractivity contribution in [2.75, 3.05) is 0 Å². The summed E-state index contributed by atoms with van der Waals surface area (Å²) < 4.78 is 0. The fraction of sp³-hybridized carbons (Fsp3) is 0.0714. The molecule has 1 aromatic rings. The monoisotopic (exact) mass is 227 g/mol. The van der Waals surface area contributed by atoms with Crippen molar-refractivity contribution >= 4 is 17.2 Å². The van der Waals surface area contributed by atoms with Crippen LogP contribution in [0.3, 0.4) is 0 Å². The van der Waals surface area contributed by atoms with Crippen molar-refractivity contribution in [1.82, 2.24) is 0 Å². The van der Waals surface area contributed by atoms with Crippen molar-refractivity contribution in [3.8, 4) is 6.07 Å². The van der Waals surface area contributed by atoms with Crippen molar-refractivity contribution in [3.63, 3.8) is 0 Å². The van der Waals surface area contributed by atoms with Crippen LogP contribution in [0.25, 0.3) is 5.57 Å². The van der Waals surface area contributed by atoms with Gasteiger partial charge in [0.1, 0.15) is 0 Å². The summed E-state index contributed by atoms with van der Waals surface area (Å²) in [5.74, 6) is 0.227. The molecule has 0 N–H and O–H groups in total. The molecule has 0 saturated heterocycles. The summed E-state index contributed by atoms with van der Waals surface area (Å²) in [6, 6.07) is 9.52. The van der Waals surface area contributed by atoms with Crippen LogP contribution in [0.2, 0.25) is 5.02 Å². The lowest BCUT2D eigenvalue weighted by atomic mass is 10.0. The summed E-state index contributed by atoms with van der Waals surface area (Å²) in [6.45, 7) is 0. The molecule has 1 aliphatic carbocycles. The van der Waals surface area contributed by atoms with Gasteiger partial charge in [-0.3, -0.25) is 0 Å². The van der Waals surface area contributed by atoms with Gasteiger partial charge in [-0.25, -0.2) is 0 Å². The molecule has 2 heteroatoms. The minimum Gasteiger partial charge on any atom is -0.192 e. The van der Waals surface area contributed by atoms with E-state index < -0.39 is 0 Å². The standard InChI is InChI=1S/C14H10ClN/c15-14-7-5-12(6-8-14)13(10-16)9-11-3-1-2-4-11/h1-9,11H/b13-9-. The average molecular weight is 228 g/mol. The quantitative estimate of drug-likeness (QED) is 0.701. The number of hydrogen-bond donors (Lipinski definition) is 0. The van der Waals surface area contributed by atoms with E-state index >= 15 is 0 Å². The number of nitriles is 1. The zero-order chi connectivity index (χ0) is 11.4. The van der Waals surface area contributed by atoms with Gasteiger partial charge in [0.2, 0.25) is 0 Å². The molecule has 0 heterocycles. The average Bonchev–Trinajstić information content (AvgIpc) is 2.80. The molecule has 16 heavy (non-hydrogen) atoms. The first-order valence-corrected chi connectivity index (χ1v) is 5.40. The molecule has 0 saturated carbocycles. The van der Waals surface area contributed by atoms with Gasteiger partial charge in [-0.2, -0.15) is 5.26 Å². The van der Waals surface area contributed by atoms with Gasteiger partial charge >= 0.3 is 0 Å². The molecule has 0 amide bonds. The maximum Gasteiger partial charge on any atom is 0.0994 e. The van der Waals surface area contributed by atoms with Crippen molar-refractivity contribution in [2.24, 2.45) is 5.92 Å². The second-order valence-corrected chi connectivity index (χ2v) is 3.98. The highest BCUT2D eigenvalue weighted by molar-refractivity contribution is 6.30. The van der Waals surface area contributed by atoms with E-state index in [1.807, 2.05) is 42.5 Å². The Morgan fingerprint density at radius 1 is 1.19 bits per heavy atom. The Morgan fingerprint density at radius 3 is 2.38 bits per heavy atom. The Bertz CT molecular complexity index is 489. The minimum atomic E-state index is 0.227. The normalized spacial score (nSPS) is 15.4. The molecule has 0 radical (unpaired) electrons. The molecule has 2 rings (SSSR count). The summed E-state index contributed by atoms with van der Waals surface area (Å²) in [5.41, 5.74) is 1.58. The molecule has 0 atom stereocenters. The van der Waals surface area contributed by atoms with Crippen LogP contribution in [0.4, 0.5) is 0 Å². The fourth-order valence-corrected chi connectivity index (χ4v) is 1.71. The lowest BCUT2D eigenvalue weighted by molar-refractivity contribution is 1.10. The van der Waals surface area contributed by atoms with E-state index in [4.69, 9.17) is 16.9 Å². The maximum atomic E-state index is 9.11. The highest BCUT2D eigenvalue weighted by atomic mass is 35.5. The number of allylic oxidation sites excluding steroid dienone is 6. The third kappa shape index (κ3) is 2.42. The predicted octanol–water partition coefficient (Wildman–Crippen LogP) is 3.99. The predicted molar refractivity (Wildman–Crippen MR) is 66.8 cm³/mol. The van der Waals surface area contributed by atoms with Gasteiger partial charge < -0.3 is 0 Å². The Kier molecular flexibility index (Phi) is 3.24. The zero-order valence-corrected chi connectivity index (χ0v) is 9.35. The first-order valence-electron chi connectivity index (χ1n) is 5.02. The maximum absolute atomic E-state index is 9.11. The number of nitrogens with zero attached hydrogens (tertiary/aromatic N) is 1. The third-order valence-corrected chi connectivity index (χ3v) is 2.66. The molecule has 0 bridgehead atoms. The van der Waals surface area contributed by atoms with Crippen LogP contribution < -0.4 is 0 Å². The van der Waals surface area contributed by atoms with E-state index in [1.54, 1.807) is 12.1 Å². The highest BCUT2D eigenvalue weighted by Gasteiger charge is 2.05. The molecule has 1 aromatic carbocycles. The Morgan fingerprint density at radius 2 is 1.81 bits per heavy atom. The summed E-state index contributed by atoms with van der Waals surface area (Å²) in [4.78, 5) is 0. The van der Waals surface area contributed by atoms with Crippen molar-refractivity contribution in [2.45, 2.75) is 0 Å². The lowest BCUT2D eigenvalue weighted by Crippen LogP contribution is -1.87. The van der Waals surface area contributed by atoms with Crippen molar-refractivity contribution in [3.05, 3.63) is 65.2 Å². The van der Waals surface area contributed by atoms with Gasteiger partial charge in [0, 0.05) is 10.9 Å². The van der Waals surface area contributed by atoms with Crippen LogP contribution in [0.15, 0.2) is 54.6 Å². The van der Waals surface area contributed by atoms with Crippen LogP contribution in [-0.2, 0) is 0 Å². The van der Waals surface area contributed by atoms with Crippen LogP contribution in [0.5, 0.6) is 0 Å². The molecule has 0 spiro atoms. The van der Waals surface area contributed by atoms with Gasteiger partial charge in [0.15, 0.2) is 0 Å². The summed E-state index contributed by atoms with van der Waals surface area (Å²) in [5, 5.41) is 9.79. The third-order valence-electron chi connectivity index (χ3n) is 2.41. The Balaban J connectivity index is 2.29. The Labute approximate surface area is 100.0 Å². The molecular formula is C14H10ClN. The number of rotatable bonds is 2. The van der Waals surface area contributed by atoms with Gasteiger partial charge in [0.25, 0.3) is 0 Å². The number of halogens is 1. The van der Waals surface area contributed by atoms with Crippen molar-refractivity contribution in [1.29, 1.82) is 5.26 Å². The molecule has 1 nitrogen and oxygen atoms in total. The van der Waals surface area contributed by atoms with Crippen LogP contribution >= 0.6 is 11.6 Å². The molecule has 0 aromatic heterocycles. The minimum absolute atomic E-state index is 0.227. The Hall–Kier alpha value is -1.78. The van der Waals surface area contributed by atoms with E-state index in [9.17, 15) is 0 Å². The van der Waals surface area contributed by atoms with Gasteiger partial charge in [-0.05, 0) is 17.7 Å². The number of benzene rings is 1. The van der Waals surface area contributed by atoms with Gasteiger partial charge in [-0.15, -0.1) is 0 Å². The first-order chi connectivity index (χ1) is 7.79. The van der Waals surface area contributed by atoms with Gasteiger partial charge in [-0.1, -0.05) is 54.1 Å². The summed E-state index contributed by atoms with van der Waals surface area (Å²) in [6.07, 6.45) is 10.0. The molecule has 0 fully saturated rings. The van der Waals surface area contributed by atoms with Crippen molar-refractivity contribution < 1.29 is 0 Å². The second-order valence-electron chi connectivity index (χ2n) is 3.55. The summed E-state index contributed by atoms with van der Waals surface area (Å²) in [7, 11) is 0. The summed E-state index contributed by atoms with van der Waals surface area (Å²) >= 11 is 5.81. The smallest absolute Gasteiger partial charge is 0.0994 e. The molecule has 0 aliphatic heterocycles. The van der Waals surface area contributed by atoms with Crippen LogP contribution in [-0.4, -0.2) is 0 Å². The highest BCUT2D eigenvalue weighted by Crippen LogP contribution is 2.21. The SMILES string of the molecule is N#C/C(=C/C1C=CC=C1)c1ccc(Cl)cc1. The van der Waals surface area contributed by atoms with E-state index in [0.717, 1.165) is 5.56 Å². The van der Waals surface area contributed by atoms with E-state index in [-0.39, 0.29) is 5.92 Å². The first kappa shape index (κ1) is 10.7.